The zero-order valence-corrected chi connectivity index (χ0v) is 28.8. The van der Waals surface area contributed by atoms with Crippen molar-refractivity contribution in [1.29, 1.82) is 0 Å². The lowest BCUT2D eigenvalue weighted by atomic mass is 9.45. The van der Waals surface area contributed by atoms with Gasteiger partial charge in [0, 0.05) is 11.3 Å². The molecule has 0 radical (unpaired) electrons. The second-order valence-corrected chi connectivity index (χ2v) is 16.5. The summed E-state index contributed by atoms with van der Waals surface area (Å²) >= 11 is 0. The average molecular weight is 647 g/mol. The van der Waals surface area contributed by atoms with Crippen LogP contribution in [0.5, 0.6) is 0 Å². The summed E-state index contributed by atoms with van der Waals surface area (Å²) in [5.74, 6) is 6.74. The van der Waals surface area contributed by atoms with Gasteiger partial charge in [-0.15, -0.1) is 0 Å². The highest BCUT2D eigenvalue weighted by atomic mass is 16.5. The van der Waals surface area contributed by atoms with Crippen molar-refractivity contribution in [3.63, 3.8) is 0 Å². The molecule has 7 heteroatoms. The molecular weight excluding hydrogens is 592 g/mol. The summed E-state index contributed by atoms with van der Waals surface area (Å²) < 4.78 is 19.8. The van der Waals surface area contributed by atoms with Crippen molar-refractivity contribution >= 4 is 5.78 Å². The van der Waals surface area contributed by atoms with Gasteiger partial charge in [0.05, 0.1) is 48.6 Å². The van der Waals surface area contributed by atoms with Gasteiger partial charge in [0.1, 0.15) is 12.7 Å². The van der Waals surface area contributed by atoms with Crippen LogP contribution in [0.15, 0.2) is 42.0 Å². The third-order valence-corrected chi connectivity index (χ3v) is 14.4. The summed E-state index contributed by atoms with van der Waals surface area (Å²) in [6, 6.07) is 10.3. The Hall–Kier alpha value is -2.05. The molecule has 1 aromatic carbocycles. The predicted molar refractivity (Wildman–Crippen MR) is 178 cm³/mol. The summed E-state index contributed by atoms with van der Waals surface area (Å²) in [4.78, 5) is 14.2. The lowest BCUT2D eigenvalue weighted by Crippen LogP contribution is -2.64. The molecule has 8 aliphatic rings. The Morgan fingerprint density at radius 3 is 2.53 bits per heavy atom. The van der Waals surface area contributed by atoms with Gasteiger partial charge >= 0.3 is 0 Å². The molecule has 3 saturated carbocycles. The Balaban J connectivity index is 1.28. The lowest BCUT2D eigenvalue weighted by molar-refractivity contribution is -0.204. The van der Waals surface area contributed by atoms with Crippen molar-refractivity contribution in [2.45, 2.75) is 121 Å². The molecule has 4 fully saturated rings. The van der Waals surface area contributed by atoms with Gasteiger partial charge in [0.2, 0.25) is 0 Å². The van der Waals surface area contributed by atoms with Crippen molar-refractivity contribution in [2.75, 3.05) is 19.8 Å². The third-order valence-electron chi connectivity index (χ3n) is 14.4. The molecular formula is C40H54O7. The molecule has 14 atom stereocenters. The van der Waals surface area contributed by atoms with Crippen molar-refractivity contribution in [3.05, 3.63) is 47.5 Å². The van der Waals surface area contributed by atoms with Crippen LogP contribution in [0, 0.1) is 52.3 Å². The number of hydrogen-bond acceptors (Lipinski definition) is 7. The molecule has 6 bridgehead atoms. The zero-order chi connectivity index (χ0) is 33.4. The van der Waals surface area contributed by atoms with Gasteiger partial charge < -0.3 is 29.5 Å². The third kappa shape index (κ3) is 5.03. The van der Waals surface area contributed by atoms with E-state index in [0.717, 1.165) is 43.2 Å². The molecule has 0 amide bonds. The Bertz CT molecular complexity index is 1440. The minimum absolute atomic E-state index is 0.0272. The molecule has 47 heavy (non-hydrogen) atoms. The smallest absolute Gasteiger partial charge is 0.159 e. The van der Waals surface area contributed by atoms with Crippen LogP contribution in [0.25, 0.3) is 0 Å². The molecule has 1 spiro atoms. The molecule has 256 valence electrons. The van der Waals surface area contributed by atoms with E-state index in [4.69, 9.17) is 14.2 Å². The van der Waals surface area contributed by atoms with Gasteiger partial charge in [-0.3, -0.25) is 4.79 Å². The van der Waals surface area contributed by atoms with E-state index in [1.807, 2.05) is 38.1 Å². The standard InChI is InChI=1S/C40H54O7/c1-24-25(2)35(47-33(24)22-41)36(43)39(5,44)34-15-18-40-30-21-32(42)31-20-28(13-16-37(31,3)29(30)14-17-38(34,40)4)45-23-27(12-9-19-46-40)26-10-7-6-8-11-26/h6-8,10-11,21,24-25,27-29,31,33-36,41,43-44H,13-20,22-23H2,1-5H3/t24-,25-,27-,28+,29+,31+,33+,34+,35+,36-,37-,38-,39+,40-/m1/s1. The maximum atomic E-state index is 14.2. The monoisotopic (exact) mass is 646 g/mol. The number of carbonyl (C=O) groups excluding carboxylic acids is 1. The first-order valence-electron chi connectivity index (χ1n) is 18.1. The summed E-state index contributed by atoms with van der Waals surface area (Å²) in [6.07, 6.45) is 5.44. The topological polar surface area (TPSA) is 105 Å². The quantitative estimate of drug-likeness (QED) is 0.377. The average Bonchev–Trinajstić information content (AvgIpc) is 3.53. The fraction of sp³-hybridized carbons (Fsp3) is 0.725. The van der Waals surface area contributed by atoms with E-state index in [1.165, 1.54) is 0 Å². The fourth-order valence-electron chi connectivity index (χ4n) is 11.3. The highest BCUT2D eigenvalue weighted by molar-refractivity contribution is 5.95. The second kappa shape index (κ2) is 12.1. The van der Waals surface area contributed by atoms with E-state index in [0.29, 0.717) is 19.4 Å². The molecule has 9 rings (SSSR count). The first-order chi connectivity index (χ1) is 22.4. The molecule has 4 aliphatic carbocycles. The largest absolute Gasteiger partial charge is 0.394 e. The van der Waals surface area contributed by atoms with Gasteiger partial charge in [-0.25, -0.2) is 0 Å². The number of benzene rings is 1. The summed E-state index contributed by atoms with van der Waals surface area (Å²) in [5.41, 5.74) is -0.811. The van der Waals surface area contributed by atoms with E-state index >= 15 is 0 Å². The fourth-order valence-corrected chi connectivity index (χ4v) is 11.3. The van der Waals surface area contributed by atoms with Gasteiger partial charge in [-0.2, -0.15) is 0 Å². The number of ketones is 1. The Morgan fingerprint density at radius 2 is 1.81 bits per heavy atom. The van der Waals surface area contributed by atoms with Crippen molar-refractivity contribution in [1.82, 2.24) is 0 Å². The van der Waals surface area contributed by atoms with Crippen molar-refractivity contribution < 1.29 is 34.3 Å². The zero-order valence-electron chi connectivity index (χ0n) is 28.8. The van der Waals surface area contributed by atoms with Crippen LogP contribution < -0.4 is 0 Å². The minimum atomic E-state index is -1.48. The van der Waals surface area contributed by atoms with Crippen LogP contribution in [0.4, 0.5) is 0 Å². The molecule has 4 aliphatic heterocycles. The van der Waals surface area contributed by atoms with Crippen LogP contribution >= 0.6 is 0 Å². The van der Waals surface area contributed by atoms with E-state index in [-0.39, 0.29) is 72.1 Å². The van der Waals surface area contributed by atoms with Gasteiger partial charge in [0.25, 0.3) is 0 Å². The van der Waals surface area contributed by atoms with E-state index in [2.05, 4.69) is 37.8 Å². The molecule has 1 aromatic rings. The van der Waals surface area contributed by atoms with Gasteiger partial charge in [-0.05, 0) is 98.2 Å². The highest BCUT2D eigenvalue weighted by Gasteiger charge is 2.70. The first kappa shape index (κ1) is 33.4. The summed E-state index contributed by atoms with van der Waals surface area (Å²) in [5, 5.41) is 34.3. The molecule has 1 saturated heterocycles. The highest BCUT2D eigenvalue weighted by Crippen LogP contribution is 2.70. The van der Waals surface area contributed by atoms with Crippen LogP contribution in [-0.2, 0) is 19.0 Å². The Kier molecular flexibility index (Phi) is 8.59. The SMILES string of the molecule is C[C@@H]1[C@@H](C)[C@H](CO)O[C@@H]1[C@@H](O)[C@@](C)(O)[C@H]1CC[C@@]23OCC#C[C@@H](c4ccccc4)CO[C@H]4CC[C@@]5(C)[C@@H](C4)C(=O)C=C2[C@@H]5CC[C@]13C. The number of aliphatic hydroxyl groups excluding tert-OH is 2. The number of aliphatic hydroxyl groups is 3. The van der Waals surface area contributed by atoms with E-state index < -0.39 is 28.8 Å². The summed E-state index contributed by atoms with van der Waals surface area (Å²) in [6.45, 7) is 10.9. The Morgan fingerprint density at radius 1 is 1.04 bits per heavy atom. The summed E-state index contributed by atoms with van der Waals surface area (Å²) in [7, 11) is 0. The molecule has 3 N–H and O–H groups in total. The number of hydrogen-bond donors (Lipinski definition) is 3. The van der Waals surface area contributed by atoms with Gasteiger partial charge in [0.15, 0.2) is 5.78 Å². The maximum absolute atomic E-state index is 14.2. The molecule has 0 aromatic heterocycles. The molecule has 4 heterocycles. The van der Waals surface area contributed by atoms with Crippen molar-refractivity contribution in [2.24, 2.45) is 40.4 Å². The van der Waals surface area contributed by atoms with Crippen LogP contribution in [0.1, 0.15) is 91.0 Å². The van der Waals surface area contributed by atoms with Crippen LogP contribution in [-0.4, -0.2) is 76.5 Å². The predicted octanol–water partition coefficient (Wildman–Crippen LogP) is 5.21. The van der Waals surface area contributed by atoms with Crippen LogP contribution in [0.2, 0.25) is 0 Å². The normalized spacial score (nSPS) is 46.5. The van der Waals surface area contributed by atoms with Crippen molar-refractivity contribution in [3.8, 4) is 11.8 Å². The number of allylic oxidation sites excluding steroid dienone is 1. The van der Waals surface area contributed by atoms with E-state index in [9.17, 15) is 20.1 Å². The number of ether oxygens (including phenoxy) is 3. The lowest BCUT2D eigenvalue weighted by Gasteiger charge is -2.61. The minimum Gasteiger partial charge on any atom is -0.394 e. The molecule has 7 nitrogen and oxygen atoms in total. The number of rotatable bonds is 5. The maximum Gasteiger partial charge on any atom is 0.159 e. The first-order valence-corrected chi connectivity index (χ1v) is 18.1. The number of fused-ring (bicyclic) bond motifs is 2. The van der Waals surface area contributed by atoms with Crippen LogP contribution in [0.3, 0.4) is 0 Å². The number of carbonyl (C=O) groups is 1. The Labute approximate surface area is 280 Å². The van der Waals surface area contributed by atoms with Gasteiger partial charge in [-0.1, -0.05) is 69.9 Å². The second-order valence-electron chi connectivity index (χ2n) is 16.5. The van der Waals surface area contributed by atoms with E-state index in [1.54, 1.807) is 6.92 Å². The molecule has 0 unspecified atom stereocenters.